The molecular formula is C20H21N. The number of fused-ring (bicyclic) bond motifs is 1. The lowest BCUT2D eigenvalue weighted by molar-refractivity contribution is 0.795. The standard InChI is InChI=1S/C20H21N/c1-3-4-5-16-7-9-17(10-8-16)19-13-11-18-14-15(2)6-12-20(18)21-19/h6-14H,3-5H2,1-2H3. The van der Waals surface area contributed by atoms with Crippen molar-refractivity contribution in [2.75, 3.05) is 0 Å². The minimum Gasteiger partial charge on any atom is -0.248 e. The summed E-state index contributed by atoms with van der Waals surface area (Å²) in [7, 11) is 0. The fourth-order valence-corrected chi connectivity index (χ4v) is 2.63. The topological polar surface area (TPSA) is 12.9 Å². The predicted octanol–water partition coefficient (Wildman–Crippen LogP) is 5.55. The van der Waals surface area contributed by atoms with Crippen LogP contribution >= 0.6 is 0 Å². The summed E-state index contributed by atoms with van der Waals surface area (Å²) >= 11 is 0. The van der Waals surface area contributed by atoms with Crippen molar-refractivity contribution in [3.05, 3.63) is 65.7 Å². The van der Waals surface area contributed by atoms with Gasteiger partial charge in [0.1, 0.15) is 0 Å². The molecule has 1 heterocycles. The molecule has 21 heavy (non-hydrogen) atoms. The zero-order chi connectivity index (χ0) is 14.7. The van der Waals surface area contributed by atoms with Gasteiger partial charge in [-0.3, -0.25) is 0 Å². The van der Waals surface area contributed by atoms with Crippen LogP contribution in [0.4, 0.5) is 0 Å². The van der Waals surface area contributed by atoms with Gasteiger partial charge in [-0.1, -0.05) is 55.3 Å². The lowest BCUT2D eigenvalue weighted by Crippen LogP contribution is -1.88. The monoisotopic (exact) mass is 275 g/mol. The third-order valence-corrected chi connectivity index (χ3v) is 3.91. The fourth-order valence-electron chi connectivity index (χ4n) is 2.63. The Morgan fingerprint density at radius 2 is 1.71 bits per heavy atom. The van der Waals surface area contributed by atoms with Crippen LogP contribution in [0.2, 0.25) is 0 Å². The summed E-state index contributed by atoms with van der Waals surface area (Å²) < 4.78 is 0. The molecular weight excluding hydrogens is 254 g/mol. The highest BCUT2D eigenvalue weighted by atomic mass is 14.7. The molecule has 0 spiro atoms. The average molecular weight is 275 g/mol. The number of aromatic nitrogens is 1. The zero-order valence-corrected chi connectivity index (χ0v) is 12.8. The molecule has 106 valence electrons. The normalized spacial score (nSPS) is 11.0. The number of nitrogens with zero attached hydrogens (tertiary/aromatic N) is 1. The minimum absolute atomic E-state index is 1.05. The first-order chi connectivity index (χ1) is 10.3. The van der Waals surface area contributed by atoms with E-state index in [0.29, 0.717) is 0 Å². The third kappa shape index (κ3) is 3.13. The van der Waals surface area contributed by atoms with Crippen LogP contribution in [0.1, 0.15) is 30.9 Å². The summed E-state index contributed by atoms with van der Waals surface area (Å²) in [5, 5.41) is 1.21. The van der Waals surface area contributed by atoms with E-state index in [0.717, 1.165) is 11.2 Å². The van der Waals surface area contributed by atoms with E-state index in [2.05, 4.69) is 68.4 Å². The molecule has 0 aliphatic heterocycles. The van der Waals surface area contributed by atoms with E-state index in [9.17, 15) is 0 Å². The molecule has 0 fully saturated rings. The first-order valence-corrected chi connectivity index (χ1v) is 7.73. The van der Waals surface area contributed by atoms with Crippen LogP contribution in [-0.2, 0) is 6.42 Å². The molecule has 1 aromatic heterocycles. The molecule has 3 rings (SSSR count). The maximum atomic E-state index is 4.78. The summed E-state index contributed by atoms with van der Waals surface area (Å²) in [4.78, 5) is 4.78. The van der Waals surface area contributed by atoms with Gasteiger partial charge in [0.2, 0.25) is 0 Å². The molecule has 2 aromatic carbocycles. The van der Waals surface area contributed by atoms with Gasteiger partial charge in [0.15, 0.2) is 0 Å². The van der Waals surface area contributed by atoms with E-state index in [4.69, 9.17) is 4.98 Å². The molecule has 0 aliphatic carbocycles. The third-order valence-electron chi connectivity index (χ3n) is 3.91. The Morgan fingerprint density at radius 3 is 2.48 bits per heavy atom. The van der Waals surface area contributed by atoms with Gasteiger partial charge in [0, 0.05) is 10.9 Å². The SMILES string of the molecule is CCCCc1ccc(-c2ccc3cc(C)ccc3n2)cc1. The van der Waals surface area contributed by atoms with Crippen molar-refractivity contribution < 1.29 is 0 Å². The van der Waals surface area contributed by atoms with Gasteiger partial charge in [-0.05, 0) is 43.5 Å². The molecule has 0 N–H and O–H groups in total. The Morgan fingerprint density at radius 1 is 0.905 bits per heavy atom. The largest absolute Gasteiger partial charge is 0.248 e. The van der Waals surface area contributed by atoms with E-state index >= 15 is 0 Å². The second-order valence-corrected chi connectivity index (χ2v) is 5.69. The van der Waals surface area contributed by atoms with Gasteiger partial charge in [-0.25, -0.2) is 4.98 Å². The summed E-state index contributed by atoms with van der Waals surface area (Å²) in [6.45, 7) is 4.34. The Hall–Kier alpha value is -2.15. The molecule has 0 aliphatic rings. The van der Waals surface area contributed by atoms with Crippen LogP contribution in [0, 0.1) is 6.92 Å². The number of hydrogen-bond acceptors (Lipinski definition) is 1. The molecule has 1 heteroatoms. The zero-order valence-electron chi connectivity index (χ0n) is 12.8. The van der Waals surface area contributed by atoms with Gasteiger partial charge in [-0.2, -0.15) is 0 Å². The molecule has 3 aromatic rings. The van der Waals surface area contributed by atoms with Gasteiger partial charge in [0.05, 0.1) is 11.2 Å². The van der Waals surface area contributed by atoms with Crippen molar-refractivity contribution in [3.8, 4) is 11.3 Å². The first-order valence-electron chi connectivity index (χ1n) is 7.73. The van der Waals surface area contributed by atoms with Crippen LogP contribution < -0.4 is 0 Å². The summed E-state index contributed by atoms with van der Waals surface area (Å²) in [6.07, 6.45) is 3.67. The van der Waals surface area contributed by atoms with Gasteiger partial charge < -0.3 is 0 Å². The summed E-state index contributed by atoms with van der Waals surface area (Å²) in [6, 6.07) is 19.5. The van der Waals surface area contributed by atoms with Crippen molar-refractivity contribution in [3.63, 3.8) is 0 Å². The van der Waals surface area contributed by atoms with Crippen LogP contribution in [0.25, 0.3) is 22.2 Å². The first kappa shape index (κ1) is 13.8. The van der Waals surface area contributed by atoms with Crippen LogP contribution in [0.5, 0.6) is 0 Å². The maximum Gasteiger partial charge on any atom is 0.0709 e. The number of benzene rings is 2. The second kappa shape index (κ2) is 6.09. The second-order valence-electron chi connectivity index (χ2n) is 5.69. The maximum absolute atomic E-state index is 4.78. The molecule has 0 atom stereocenters. The van der Waals surface area contributed by atoms with Crippen molar-refractivity contribution >= 4 is 10.9 Å². The predicted molar refractivity (Wildman–Crippen MR) is 90.5 cm³/mol. The van der Waals surface area contributed by atoms with Crippen molar-refractivity contribution in [1.82, 2.24) is 4.98 Å². The lowest BCUT2D eigenvalue weighted by Gasteiger charge is -2.06. The van der Waals surface area contributed by atoms with E-state index in [1.165, 1.54) is 41.3 Å². The van der Waals surface area contributed by atoms with Gasteiger partial charge in [0.25, 0.3) is 0 Å². The molecule has 1 nitrogen and oxygen atoms in total. The van der Waals surface area contributed by atoms with Crippen LogP contribution in [-0.4, -0.2) is 4.98 Å². The summed E-state index contributed by atoms with van der Waals surface area (Å²) in [5.41, 5.74) is 5.99. The van der Waals surface area contributed by atoms with E-state index < -0.39 is 0 Å². The van der Waals surface area contributed by atoms with E-state index in [1.807, 2.05) is 0 Å². The quantitative estimate of drug-likeness (QED) is 0.608. The number of rotatable bonds is 4. The van der Waals surface area contributed by atoms with Crippen molar-refractivity contribution in [2.24, 2.45) is 0 Å². The van der Waals surface area contributed by atoms with Gasteiger partial charge in [-0.15, -0.1) is 0 Å². The van der Waals surface area contributed by atoms with Crippen molar-refractivity contribution in [1.29, 1.82) is 0 Å². The molecule has 0 radical (unpaired) electrons. The highest BCUT2D eigenvalue weighted by molar-refractivity contribution is 5.82. The van der Waals surface area contributed by atoms with Crippen molar-refractivity contribution in [2.45, 2.75) is 33.1 Å². The Kier molecular flexibility index (Phi) is 4.01. The van der Waals surface area contributed by atoms with E-state index in [1.54, 1.807) is 0 Å². The average Bonchev–Trinajstić information content (AvgIpc) is 2.53. The van der Waals surface area contributed by atoms with E-state index in [-0.39, 0.29) is 0 Å². The number of aryl methyl sites for hydroxylation is 2. The Bertz CT molecular complexity index is 741. The van der Waals surface area contributed by atoms with Gasteiger partial charge >= 0.3 is 0 Å². The lowest BCUT2D eigenvalue weighted by atomic mass is 10.0. The Balaban J connectivity index is 1.91. The number of hydrogen-bond donors (Lipinski definition) is 0. The van der Waals surface area contributed by atoms with Crippen LogP contribution in [0.15, 0.2) is 54.6 Å². The summed E-state index contributed by atoms with van der Waals surface area (Å²) in [5.74, 6) is 0. The minimum atomic E-state index is 1.05. The number of unbranched alkanes of at least 4 members (excludes halogenated alkanes) is 1. The smallest absolute Gasteiger partial charge is 0.0709 e. The molecule has 0 amide bonds. The number of pyridine rings is 1. The Labute approximate surface area is 126 Å². The molecule has 0 saturated heterocycles. The highest BCUT2D eigenvalue weighted by Crippen LogP contribution is 2.22. The highest BCUT2D eigenvalue weighted by Gasteiger charge is 2.02. The van der Waals surface area contributed by atoms with Crippen LogP contribution in [0.3, 0.4) is 0 Å². The molecule has 0 unspecified atom stereocenters. The molecule has 0 saturated carbocycles. The fraction of sp³-hybridized carbons (Fsp3) is 0.250. The molecule has 0 bridgehead atoms.